The smallest absolute Gasteiger partial charge is 0.326 e. The summed E-state index contributed by atoms with van der Waals surface area (Å²) < 4.78 is 20.2. The number of fused-ring (bicyclic) bond motifs is 4. The van der Waals surface area contributed by atoms with Crippen molar-refractivity contribution < 1.29 is 9.13 Å². The maximum Gasteiger partial charge on any atom is 0.326 e. The van der Waals surface area contributed by atoms with Crippen LogP contribution in [0.4, 0.5) is 21.8 Å². The average molecular weight is 421 g/mol. The third kappa shape index (κ3) is 2.81. The molecule has 6 rings (SSSR count). The number of rotatable bonds is 4. The maximum absolute atomic E-state index is 14.3. The lowest BCUT2D eigenvalue weighted by molar-refractivity contribution is 0.440. The first kappa shape index (κ1) is 18.1. The van der Waals surface area contributed by atoms with Crippen molar-refractivity contribution in [3.63, 3.8) is 0 Å². The van der Waals surface area contributed by atoms with E-state index in [-0.39, 0.29) is 23.8 Å². The molecule has 1 aliphatic heterocycles. The Balaban J connectivity index is 1.53. The van der Waals surface area contributed by atoms with Gasteiger partial charge in [-0.3, -0.25) is 0 Å². The number of ether oxygens (including phenoxy) is 1. The molecule has 0 amide bonds. The second-order valence-electron chi connectivity index (χ2n) is 7.99. The normalized spacial score (nSPS) is 22.2. The Labute approximate surface area is 175 Å². The third-order valence-corrected chi connectivity index (χ3v) is 6.17. The van der Waals surface area contributed by atoms with Gasteiger partial charge in [-0.05, 0) is 24.0 Å². The van der Waals surface area contributed by atoms with Crippen molar-refractivity contribution in [2.24, 2.45) is 17.6 Å². The summed E-state index contributed by atoms with van der Waals surface area (Å²) in [7, 11) is 1.75. The highest BCUT2D eigenvalue weighted by atomic mass is 19.1. The molecule has 2 unspecified atom stereocenters. The van der Waals surface area contributed by atoms with Gasteiger partial charge in [0.15, 0.2) is 5.75 Å². The van der Waals surface area contributed by atoms with E-state index < -0.39 is 0 Å². The van der Waals surface area contributed by atoms with Gasteiger partial charge in [0, 0.05) is 31.6 Å². The van der Waals surface area contributed by atoms with Crippen molar-refractivity contribution in [3.8, 4) is 11.8 Å². The molecule has 4 heterocycles. The monoisotopic (exact) mass is 421 g/mol. The molecule has 4 aromatic rings. The molecule has 2 fully saturated rings. The Morgan fingerprint density at radius 2 is 1.94 bits per heavy atom. The van der Waals surface area contributed by atoms with Crippen LogP contribution >= 0.6 is 0 Å². The number of hydrogen-bond acceptors (Lipinski definition) is 9. The van der Waals surface area contributed by atoms with E-state index in [1.165, 1.54) is 24.5 Å². The van der Waals surface area contributed by atoms with Crippen LogP contribution < -0.4 is 26.4 Å². The average Bonchev–Trinajstić information content (AvgIpc) is 3.12. The van der Waals surface area contributed by atoms with Crippen LogP contribution in [-0.2, 0) is 0 Å². The van der Waals surface area contributed by atoms with Crippen LogP contribution in [0.3, 0.4) is 0 Å². The van der Waals surface area contributed by atoms with E-state index in [1.54, 1.807) is 7.05 Å². The number of nitrogens with zero attached hydrogens (tertiary/aromatic N) is 5. The molecule has 1 aromatic carbocycles. The molecule has 0 bridgehead atoms. The molecule has 31 heavy (non-hydrogen) atoms. The summed E-state index contributed by atoms with van der Waals surface area (Å²) in [5.41, 5.74) is 13.6. The quantitative estimate of drug-likeness (QED) is 0.388. The number of piperidine rings is 1. The molecule has 1 saturated carbocycles. The van der Waals surface area contributed by atoms with Crippen LogP contribution in [-0.4, -0.2) is 51.1 Å². The minimum atomic E-state index is -0.339. The minimum absolute atomic E-state index is 0.138. The first-order chi connectivity index (χ1) is 15.0. The van der Waals surface area contributed by atoms with E-state index in [4.69, 9.17) is 21.2 Å². The molecule has 10 nitrogen and oxygen atoms in total. The van der Waals surface area contributed by atoms with Crippen LogP contribution in [0.25, 0.3) is 21.9 Å². The molecule has 0 radical (unpaired) electrons. The zero-order chi connectivity index (χ0) is 21.3. The van der Waals surface area contributed by atoms with Gasteiger partial charge < -0.3 is 31.4 Å². The van der Waals surface area contributed by atoms with Crippen molar-refractivity contribution in [2.45, 2.75) is 6.04 Å². The summed E-state index contributed by atoms with van der Waals surface area (Å²) in [6, 6.07) is 3.32. The molecule has 3 aromatic heterocycles. The molecule has 1 aliphatic carbocycles. The first-order valence-electron chi connectivity index (χ1n) is 9.98. The van der Waals surface area contributed by atoms with Crippen molar-refractivity contribution in [3.05, 3.63) is 30.3 Å². The number of hydrogen-bond donors (Lipinski definition) is 4. The first-order valence-corrected chi connectivity index (χ1v) is 9.98. The zero-order valence-corrected chi connectivity index (χ0v) is 16.6. The predicted octanol–water partition coefficient (Wildman–Crippen LogP) is 1.85. The summed E-state index contributed by atoms with van der Waals surface area (Å²) in [6.45, 7) is 1.59. The highest BCUT2D eigenvalue weighted by Gasteiger charge is 2.54. The van der Waals surface area contributed by atoms with Crippen LogP contribution in [0.1, 0.15) is 0 Å². The largest absolute Gasteiger partial charge is 0.421 e. The lowest BCUT2D eigenvalue weighted by Crippen LogP contribution is -2.29. The second kappa shape index (κ2) is 6.38. The molecule has 2 atom stereocenters. The topological polar surface area (TPSA) is 144 Å². The molecule has 1 saturated heterocycles. The van der Waals surface area contributed by atoms with Crippen molar-refractivity contribution in [1.82, 2.24) is 24.9 Å². The minimum Gasteiger partial charge on any atom is -0.421 e. The molecule has 0 spiro atoms. The third-order valence-electron chi connectivity index (χ3n) is 6.17. The van der Waals surface area contributed by atoms with Gasteiger partial charge >= 0.3 is 6.01 Å². The Morgan fingerprint density at radius 3 is 2.65 bits per heavy atom. The van der Waals surface area contributed by atoms with E-state index in [0.29, 0.717) is 40.1 Å². The van der Waals surface area contributed by atoms with Gasteiger partial charge in [0.25, 0.3) is 0 Å². The van der Waals surface area contributed by atoms with Gasteiger partial charge in [0.2, 0.25) is 5.95 Å². The van der Waals surface area contributed by atoms with Gasteiger partial charge in [-0.2, -0.15) is 9.97 Å². The molecular weight excluding hydrogens is 401 g/mol. The number of benzene rings is 1. The highest BCUT2D eigenvalue weighted by molar-refractivity contribution is 6.14. The summed E-state index contributed by atoms with van der Waals surface area (Å²) in [6.07, 6.45) is 2.92. The summed E-state index contributed by atoms with van der Waals surface area (Å²) in [5.74, 6) is 1.77. The van der Waals surface area contributed by atoms with E-state index >= 15 is 0 Å². The predicted molar refractivity (Wildman–Crippen MR) is 115 cm³/mol. The van der Waals surface area contributed by atoms with Gasteiger partial charge in [0.05, 0.1) is 29.0 Å². The van der Waals surface area contributed by atoms with E-state index in [9.17, 15) is 4.39 Å². The maximum atomic E-state index is 14.3. The zero-order valence-electron chi connectivity index (χ0n) is 16.6. The fourth-order valence-corrected chi connectivity index (χ4v) is 4.53. The molecular formula is C20H20FN9O. The summed E-state index contributed by atoms with van der Waals surface area (Å²) in [5, 5.41) is 4.49. The molecule has 2 aliphatic rings. The Bertz CT molecular complexity index is 1310. The van der Waals surface area contributed by atoms with Crippen molar-refractivity contribution >= 4 is 39.4 Å². The van der Waals surface area contributed by atoms with E-state index in [1.807, 2.05) is 0 Å². The highest BCUT2D eigenvalue weighted by Crippen LogP contribution is 2.47. The fourth-order valence-electron chi connectivity index (χ4n) is 4.53. The Kier molecular flexibility index (Phi) is 3.72. The molecule has 158 valence electrons. The van der Waals surface area contributed by atoms with E-state index in [0.717, 1.165) is 24.0 Å². The van der Waals surface area contributed by atoms with Gasteiger partial charge in [-0.1, -0.05) is 0 Å². The summed E-state index contributed by atoms with van der Waals surface area (Å²) in [4.78, 5) is 22.6. The number of nitrogen functional groups attached to an aromatic ring is 1. The number of aromatic amines is 1. The van der Waals surface area contributed by atoms with Gasteiger partial charge in [-0.15, -0.1) is 0 Å². The SMILES string of the molecule is CNc1cc(F)cc2c1[nH]c1nc(Oc3cnc(N)nc3)nc(N3CC4C(N)C4C3)c12. The lowest BCUT2D eigenvalue weighted by Gasteiger charge is -2.21. The van der Waals surface area contributed by atoms with Gasteiger partial charge in [-0.25, -0.2) is 14.4 Å². The number of nitrogens with two attached hydrogens (primary N) is 2. The van der Waals surface area contributed by atoms with Crippen molar-refractivity contribution in [1.29, 1.82) is 0 Å². The van der Waals surface area contributed by atoms with Crippen LogP contribution in [0.15, 0.2) is 24.5 Å². The lowest BCUT2D eigenvalue weighted by atomic mass is 10.1. The van der Waals surface area contributed by atoms with Gasteiger partial charge in [0.1, 0.15) is 17.3 Å². The van der Waals surface area contributed by atoms with Crippen LogP contribution in [0, 0.1) is 17.7 Å². The summed E-state index contributed by atoms with van der Waals surface area (Å²) >= 11 is 0. The second-order valence-corrected chi connectivity index (χ2v) is 7.99. The number of nitrogens with one attached hydrogen (secondary N) is 2. The molecule has 6 N–H and O–H groups in total. The Hall–Kier alpha value is -3.73. The number of aromatic nitrogens is 5. The van der Waals surface area contributed by atoms with Crippen LogP contribution in [0.5, 0.6) is 11.8 Å². The number of anilines is 3. The standard InChI is InChI=1S/C20H20FN9O/c1-24-13-3-8(21)2-10-14-17(27-16(10)13)28-20(31-9-4-25-19(23)26-5-9)29-18(14)30-6-11-12(7-30)15(11)22/h2-5,11-12,15,24H,6-7,22H2,1H3,(H2,23,25,26)(H,27,28,29). The number of H-pyrrole nitrogens is 1. The van der Waals surface area contributed by atoms with Crippen LogP contribution in [0.2, 0.25) is 0 Å². The number of halogens is 1. The molecule has 11 heteroatoms. The fraction of sp³-hybridized carbons (Fsp3) is 0.300. The van der Waals surface area contributed by atoms with Crippen molar-refractivity contribution in [2.75, 3.05) is 36.1 Å². The Morgan fingerprint density at radius 1 is 1.19 bits per heavy atom. The van der Waals surface area contributed by atoms with E-state index in [2.05, 4.69) is 30.2 Å².